The summed E-state index contributed by atoms with van der Waals surface area (Å²) in [6, 6.07) is 9.71. The average molecular weight is 471 g/mol. The summed E-state index contributed by atoms with van der Waals surface area (Å²) in [5.41, 5.74) is 4.24. The van der Waals surface area contributed by atoms with E-state index in [0.29, 0.717) is 16.6 Å². The third-order valence-electron chi connectivity index (χ3n) is 6.03. The standard InChI is InChI=1S/C24H27BrN2O3/c1-15-22(16(2)28)23-19(14-26-11-5-4-6-12-26)24(29)20(25)13-21(23)27(15)17-7-9-18(30-3)10-8-17/h7-10,13,29H,4-6,11-12,14H2,1-3H3. The van der Waals surface area contributed by atoms with Crippen molar-refractivity contribution in [2.45, 2.75) is 39.7 Å². The van der Waals surface area contributed by atoms with Crippen LogP contribution < -0.4 is 4.74 Å². The Balaban J connectivity index is 1.97. The second-order valence-electron chi connectivity index (χ2n) is 7.97. The smallest absolute Gasteiger partial charge is 0.162 e. The number of halogens is 1. The van der Waals surface area contributed by atoms with Gasteiger partial charge in [-0.15, -0.1) is 0 Å². The van der Waals surface area contributed by atoms with Crippen LogP contribution in [0.2, 0.25) is 0 Å². The topological polar surface area (TPSA) is 54.7 Å². The molecule has 0 bridgehead atoms. The van der Waals surface area contributed by atoms with Gasteiger partial charge in [0, 0.05) is 34.4 Å². The van der Waals surface area contributed by atoms with Gasteiger partial charge in [0.2, 0.25) is 0 Å². The highest BCUT2D eigenvalue weighted by molar-refractivity contribution is 9.10. The zero-order chi connectivity index (χ0) is 21.4. The molecule has 1 aliphatic rings. The minimum Gasteiger partial charge on any atom is -0.506 e. The number of methoxy groups -OCH3 is 1. The second-order valence-corrected chi connectivity index (χ2v) is 8.82. The molecule has 0 unspecified atom stereocenters. The number of Topliss-reactive ketones (excluding diaryl/α,β-unsaturated/α-hetero) is 1. The van der Waals surface area contributed by atoms with Crippen molar-refractivity contribution >= 4 is 32.6 Å². The number of hydrogen-bond acceptors (Lipinski definition) is 4. The number of benzene rings is 2. The Kier molecular flexibility index (Phi) is 5.89. The maximum Gasteiger partial charge on any atom is 0.162 e. The number of ketones is 1. The van der Waals surface area contributed by atoms with Crippen LogP contribution in [0.5, 0.6) is 11.5 Å². The minimum atomic E-state index is 0.00591. The lowest BCUT2D eigenvalue weighted by molar-refractivity contribution is 0.101. The third-order valence-corrected chi connectivity index (χ3v) is 6.64. The van der Waals surface area contributed by atoms with Crippen LogP contribution in [-0.4, -0.2) is 40.6 Å². The first-order chi connectivity index (χ1) is 14.4. The van der Waals surface area contributed by atoms with E-state index in [2.05, 4.69) is 25.4 Å². The number of carbonyl (C=O) groups excluding carboxylic acids is 1. The number of hydrogen-bond donors (Lipinski definition) is 1. The van der Waals surface area contributed by atoms with Crippen molar-refractivity contribution < 1.29 is 14.6 Å². The van der Waals surface area contributed by atoms with Crippen molar-refractivity contribution in [3.8, 4) is 17.2 Å². The van der Waals surface area contributed by atoms with Crippen LogP contribution in [0.4, 0.5) is 0 Å². The van der Waals surface area contributed by atoms with E-state index >= 15 is 0 Å². The SMILES string of the molecule is COc1ccc(-n2c(C)c(C(C)=O)c3c(CN4CCCCC4)c(O)c(Br)cc32)cc1. The molecule has 1 aliphatic heterocycles. The molecule has 0 saturated carbocycles. The summed E-state index contributed by atoms with van der Waals surface area (Å²) in [5.74, 6) is 1.01. The highest BCUT2D eigenvalue weighted by Crippen LogP contribution is 2.41. The van der Waals surface area contributed by atoms with Gasteiger partial charge >= 0.3 is 0 Å². The average Bonchev–Trinajstić information content (AvgIpc) is 3.04. The number of phenols is 1. The van der Waals surface area contributed by atoms with E-state index in [1.54, 1.807) is 14.0 Å². The summed E-state index contributed by atoms with van der Waals surface area (Å²) in [5, 5.41) is 11.8. The van der Waals surface area contributed by atoms with Crippen molar-refractivity contribution in [1.82, 2.24) is 9.47 Å². The van der Waals surface area contributed by atoms with E-state index in [-0.39, 0.29) is 11.5 Å². The van der Waals surface area contributed by atoms with Crippen LogP contribution in [0, 0.1) is 6.92 Å². The van der Waals surface area contributed by atoms with Gasteiger partial charge in [-0.1, -0.05) is 6.42 Å². The molecule has 1 N–H and O–H groups in total. The van der Waals surface area contributed by atoms with Gasteiger partial charge in [-0.25, -0.2) is 0 Å². The lowest BCUT2D eigenvalue weighted by atomic mass is 10.00. The normalized spacial score (nSPS) is 14.9. The Morgan fingerprint density at radius 1 is 1.17 bits per heavy atom. The fourth-order valence-corrected chi connectivity index (χ4v) is 5.05. The van der Waals surface area contributed by atoms with E-state index in [9.17, 15) is 9.90 Å². The fourth-order valence-electron chi connectivity index (χ4n) is 4.60. The van der Waals surface area contributed by atoms with E-state index in [1.807, 2.05) is 37.3 Å². The molecule has 6 heteroatoms. The summed E-state index contributed by atoms with van der Waals surface area (Å²) < 4.78 is 8.03. The first-order valence-corrected chi connectivity index (χ1v) is 11.1. The summed E-state index contributed by atoms with van der Waals surface area (Å²) in [7, 11) is 1.64. The van der Waals surface area contributed by atoms with Gasteiger partial charge < -0.3 is 14.4 Å². The molecule has 0 amide bonds. The van der Waals surface area contributed by atoms with Crippen LogP contribution in [0.3, 0.4) is 0 Å². The number of nitrogens with zero attached hydrogens (tertiary/aromatic N) is 2. The van der Waals surface area contributed by atoms with Gasteiger partial charge in [0.25, 0.3) is 0 Å². The molecular formula is C24H27BrN2O3. The number of likely N-dealkylation sites (tertiary alicyclic amines) is 1. The fraction of sp³-hybridized carbons (Fsp3) is 0.375. The number of aromatic nitrogens is 1. The molecule has 0 atom stereocenters. The van der Waals surface area contributed by atoms with E-state index in [0.717, 1.165) is 46.7 Å². The van der Waals surface area contributed by atoms with Gasteiger partial charge in [0.1, 0.15) is 11.5 Å². The van der Waals surface area contributed by atoms with E-state index in [4.69, 9.17) is 4.74 Å². The lowest BCUT2D eigenvalue weighted by Crippen LogP contribution is -2.29. The molecule has 5 nitrogen and oxygen atoms in total. The molecule has 30 heavy (non-hydrogen) atoms. The zero-order valence-corrected chi connectivity index (χ0v) is 19.3. The van der Waals surface area contributed by atoms with Crippen molar-refractivity contribution in [2.75, 3.05) is 20.2 Å². The van der Waals surface area contributed by atoms with Crippen molar-refractivity contribution in [1.29, 1.82) is 0 Å². The minimum absolute atomic E-state index is 0.00591. The number of rotatable bonds is 5. The molecule has 0 aliphatic carbocycles. The number of ether oxygens (including phenoxy) is 1. The summed E-state index contributed by atoms with van der Waals surface area (Å²) in [4.78, 5) is 15.1. The first kappa shape index (κ1) is 20.9. The van der Waals surface area contributed by atoms with Gasteiger partial charge in [-0.3, -0.25) is 9.69 Å². The van der Waals surface area contributed by atoms with E-state index < -0.39 is 0 Å². The maximum absolute atomic E-state index is 12.7. The monoisotopic (exact) mass is 470 g/mol. The molecule has 2 aromatic carbocycles. The van der Waals surface area contributed by atoms with Crippen molar-refractivity contribution in [3.05, 3.63) is 51.6 Å². The molecule has 2 heterocycles. The number of phenolic OH excluding ortho intramolecular Hbond substituents is 1. The van der Waals surface area contributed by atoms with Crippen molar-refractivity contribution in [2.24, 2.45) is 0 Å². The molecule has 4 rings (SSSR count). The van der Waals surface area contributed by atoms with Gasteiger partial charge in [-0.05, 0) is 86.0 Å². The van der Waals surface area contributed by atoms with Crippen LogP contribution in [0.15, 0.2) is 34.8 Å². The number of fused-ring (bicyclic) bond motifs is 1. The summed E-state index contributed by atoms with van der Waals surface area (Å²) >= 11 is 3.55. The van der Waals surface area contributed by atoms with Gasteiger partial charge in [-0.2, -0.15) is 0 Å². The highest BCUT2D eigenvalue weighted by atomic mass is 79.9. The molecular weight excluding hydrogens is 444 g/mol. The third kappa shape index (κ3) is 3.63. The number of carbonyl (C=O) groups is 1. The Hall–Kier alpha value is -2.31. The Morgan fingerprint density at radius 2 is 1.83 bits per heavy atom. The lowest BCUT2D eigenvalue weighted by Gasteiger charge is -2.27. The van der Waals surface area contributed by atoms with Crippen LogP contribution in [-0.2, 0) is 6.54 Å². The largest absolute Gasteiger partial charge is 0.506 e. The summed E-state index contributed by atoms with van der Waals surface area (Å²) in [6.45, 7) is 6.23. The molecule has 1 saturated heterocycles. The molecule has 158 valence electrons. The zero-order valence-electron chi connectivity index (χ0n) is 17.7. The first-order valence-electron chi connectivity index (χ1n) is 10.4. The van der Waals surface area contributed by atoms with E-state index in [1.165, 1.54) is 19.3 Å². The molecule has 0 radical (unpaired) electrons. The quantitative estimate of drug-likeness (QED) is 0.492. The maximum atomic E-state index is 12.7. The Bertz CT molecular complexity index is 1100. The van der Waals surface area contributed by atoms with Crippen LogP contribution in [0.25, 0.3) is 16.6 Å². The summed E-state index contributed by atoms with van der Waals surface area (Å²) in [6.07, 6.45) is 3.59. The second kappa shape index (κ2) is 8.44. The molecule has 1 aromatic heterocycles. The van der Waals surface area contributed by atoms with Crippen LogP contribution >= 0.6 is 15.9 Å². The highest BCUT2D eigenvalue weighted by Gasteiger charge is 2.26. The number of piperidine rings is 1. The van der Waals surface area contributed by atoms with Gasteiger partial charge in [0.15, 0.2) is 5.78 Å². The van der Waals surface area contributed by atoms with Crippen molar-refractivity contribution in [3.63, 3.8) is 0 Å². The van der Waals surface area contributed by atoms with Gasteiger partial charge in [0.05, 0.1) is 17.1 Å². The Morgan fingerprint density at radius 3 is 2.43 bits per heavy atom. The predicted octanol–water partition coefficient (Wildman–Crippen LogP) is 5.60. The molecule has 3 aromatic rings. The Labute approximate surface area is 185 Å². The number of aromatic hydroxyl groups is 1. The van der Waals surface area contributed by atoms with Crippen LogP contribution in [0.1, 0.15) is 47.8 Å². The molecule has 1 fully saturated rings. The predicted molar refractivity (Wildman–Crippen MR) is 123 cm³/mol. The molecule has 0 spiro atoms.